The first-order valence-corrected chi connectivity index (χ1v) is 8.15. The highest BCUT2D eigenvalue weighted by atomic mass is 32.2. The molecule has 1 aromatic carbocycles. The third-order valence-corrected chi connectivity index (χ3v) is 5.51. The molecule has 19 heavy (non-hydrogen) atoms. The molecular formula is C14H22N2O2S. The van der Waals surface area contributed by atoms with Gasteiger partial charge in [-0.15, -0.1) is 0 Å². The van der Waals surface area contributed by atoms with Gasteiger partial charge in [-0.25, -0.2) is 13.1 Å². The lowest BCUT2D eigenvalue weighted by Gasteiger charge is -2.27. The molecule has 0 radical (unpaired) electrons. The monoisotopic (exact) mass is 282 g/mol. The molecular weight excluding hydrogens is 260 g/mol. The summed E-state index contributed by atoms with van der Waals surface area (Å²) in [5.41, 5.74) is 6.47. The molecule has 1 saturated carbocycles. The molecule has 1 aliphatic rings. The zero-order valence-corrected chi connectivity index (χ0v) is 12.3. The predicted molar refractivity (Wildman–Crippen MR) is 76.1 cm³/mol. The molecule has 0 spiro atoms. The van der Waals surface area contributed by atoms with Crippen molar-refractivity contribution in [3.05, 3.63) is 29.8 Å². The van der Waals surface area contributed by atoms with E-state index in [4.69, 9.17) is 5.73 Å². The van der Waals surface area contributed by atoms with Crippen LogP contribution in [0.1, 0.15) is 38.7 Å². The van der Waals surface area contributed by atoms with Gasteiger partial charge in [0.1, 0.15) is 0 Å². The van der Waals surface area contributed by atoms with E-state index in [0.29, 0.717) is 11.4 Å². The molecule has 0 bridgehead atoms. The molecule has 1 unspecified atom stereocenters. The van der Waals surface area contributed by atoms with E-state index in [-0.39, 0.29) is 11.5 Å². The molecule has 2 rings (SSSR count). The number of rotatable bonds is 4. The van der Waals surface area contributed by atoms with E-state index < -0.39 is 10.0 Å². The van der Waals surface area contributed by atoms with Gasteiger partial charge in [0.15, 0.2) is 0 Å². The number of hydrogen-bond acceptors (Lipinski definition) is 3. The second kappa shape index (κ2) is 5.23. The maximum absolute atomic E-state index is 12.3. The van der Waals surface area contributed by atoms with E-state index in [1.54, 1.807) is 24.3 Å². The molecule has 0 amide bonds. The maximum atomic E-state index is 12.3. The van der Waals surface area contributed by atoms with Crippen LogP contribution >= 0.6 is 0 Å². The first kappa shape index (κ1) is 14.5. The minimum Gasteiger partial charge on any atom is -0.326 e. The highest BCUT2D eigenvalue weighted by Crippen LogP contribution is 2.37. The van der Waals surface area contributed by atoms with Gasteiger partial charge in [-0.1, -0.05) is 32.4 Å². The van der Waals surface area contributed by atoms with Gasteiger partial charge in [0, 0.05) is 12.6 Å². The van der Waals surface area contributed by atoms with Crippen molar-refractivity contribution in [2.75, 3.05) is 0 Å². The number of nitrogens with one attached hydrogen (secondary N) is 1. The summed E-state index contributed by atoms with van der Waals surface area (Å²) in [5.74, 6) is 0. The van der Waals surface area contributed by atoms with Crippen LogP contribution in [0.3, 0.4) is 0 Å². The van der Waals surface area contributed by atoms with Crippen LogP contribution in [0, 0.1) is 5.41 Å². The summed E-state index contributed by atoms with van der Waals surface area (Å²) >= 11 is 0. The third-order valence-electron chi connectivity index (χ3n) is 4.02. The van der Waals surface area contributed by atoms with Gasteiger partial charge in [-0.2, -0.15) is 0 Å². The quantitative estimate of drug-likeness (QED) is 0.887. The van der Waals surface area contributed by atoms with Crippen LogP contribution in [0.2, 0.25) is 0 Å². The Balaban J connectivity index is 2.18. The standard InChI is InChI=1S/C14H22N2O2S/c1-14(2)9-3-4-13(14)16-19(17,18)12-7-5-11(10-15)6-8-12/h5-8,13,16H,3-4,9-10,15H2,1-2H3. The zero-order chi connectivity index (χ0) is 14.1. The van der Waals surface area contributed by atoms with E-state index in [2.05, 4.69) is 18.6 Å². The van der Waals surface area contributed by atoms with Crippen LogP contribution in [-0.2, 0) is 16.6 Å². The lowest BCUT2D eigenvalue weighted by molar-refractivity contribution is 0.313. The topological polar surface area (TPSA) is 72.2 Å². The Morgan fingerprint density at radius 2 is 1.95 bits per heavy atom. The van der Waals surface area contributed by atoms with Crippen molar-refractivity contribution in [3.8, 4) is 0 Å². The summed E-state index contributed by atoms with van der Waals surface area (Å²) in [4.78, 5) is 0.312. The van der Waals surface area contributed by atoms with Crippen molar-refractivity contribution in [1.29, 1.82) is 0 Å². The normalized spacial score (nSPS) is 22.6. The van der Waals surface area contributed by atoms with Crippen LogP contribution in [0.25, 0.3) is 0 Å². The smallest absolute Gasteiger partial charge is 0.240 e. The van der Waals surface area contributed by atoms with Crippen molar-refractivity contribution < 1.29 is 8.42 Å². The number of benzene rings is 1. The maximum Gasteiger partial charge on any atom is 0.240 e. The predicted octanol–water partition coefficient (Wildman–Crippen LogP) is 2.00. The fourth-order valence-electron chi connectivity index (χ4n) is 2.61. The molecule has 0 aromatic heterocycles. The minimum atomic E-state index is -3.43. The van der Waals surface area contributed by atoms with E-state index >= 15 is 0 Å². The molecule has 1 aliphatic carbocycles. The van der Waals surface area contributed by atoms with Crippen LogP contribution in [0.5, 0.6) is 0 Å². The van der Waals surface area contributed by atoms with Gasteiger partial charge < -0.3 is 5.73 Å². The second-order valence-electron chi connectivity index (χ2n) is 5.90. The highest BCUT2D eigenvalue weighted by molar-refractivity contribution is 7.89. The SMILES string of the molecule is CC1(C)CCCC1NS(=O)(=O)c1ccc(CN)cc1. The molecule has 0 saturated heterocycles. The highest BCUT2D eigenvalue weighted by Gasteiger charge is 2.37. The number of sulfonamides is 1. The lowest BCUT2D eigenvalue weighted by Crippen LogP contribution is -2.41. The zero-order valence-electron chi connectivity index (χ0n) is 11.5. The fraction of sp³-hybridized carbons (Fsp3) is 0.571. The Bertz CT molecular complexity index is 535. The Hall–Kier alpha value is -0.910. The molecule has 1 atom stereocenters. The minimum absolute atomic E-state index is 0.0201. The molecule has 3 N–H and O–H groups in total. The molecule has 5 heteroatoms. The number of hydrogen-bond donors (Lipinski definition) is 2. The summed E-state index contributed by atoms with van der Waals surface area (Å²) in [5, 5.41) is 0. The van der Waals surface area contributed by atoms with Crippen molar-refractivity contribution in [2.24, 2.45) is 11.1 Å². The summed E-state index contributed by atoms with van der Waals surface area (Å²) in [6.07, 6.45) is 3.05. The van der Waals surface area contributed by atoms with E-state index in [9.17, 15) is 8.42 Å². The Labute approximate surface area is 115 Å². The van der Waals surface area contributed by atoms with Gasteiger partial charge >= 0.3 is 0 Å². The Morgan fingerprint density at radius 3 is 2.42 bits per heavy atom. The van der Waals surface area contributed by atoms with Crippen molar-refractivity contribution in [3.63, 3.8) is 0 Å². The van der Waals surface area contributed by atoms with Crippen molar-refractivity contribution >= 4 is 10.0 Å². The first-order valence-electron chi connectivity index (χ1n) is 6.66. The van der Waals surface area contributed by atoms with Gasteiger partial charge in [0.2, 0.25) is 10.0 Å². The molecule has 0 aliphatic heterocycles. The fourth-order valence-corrected chi connectivity index (χ4v) is 4.05. The van der Waals surface area contributed by atoms with Crippen molar-refractivity contribution in [1.82, 2.24) is 4.72 Å². The first-order chi connectivity index (χ1) is 8.85. The van der Waals surface area contributed by atoms with Crippen LogP contribution in [0.4, 0.5) is 0 Å². The number of nitrogens with two attached hydrogens (primary N) is 1. The largest absolute Gasteiger partial charge is 0.326 e. The molecule has 4 nitrogen and oxygen atoms in total. The summed E-state index contributed by atoms with van der Waals surface area (Å²) in [6.45, 7) is 4.65. The molecule has 1 fully saturated rings. The summed E-state index contributed by atoms with van der Waals surface area (Å²) in [6, 6.07) is 6.77. The average molecular weight is 282 g/mol. The summed E-state index contributed by atoms with van der Waals surface area (Å²) < 4.78 is 27.5. The second-order valence-corrected chi connectivity index (χ2v) is 7.62. The molecule has 1 aromatic rings. The lowest BCUT2D eigenvalue weighted by atomic mass is 9.88. The van der Waals surface area contributed by atoms with Crippen LogP contribution < -0.4 is 10.5 Å². The summed E-state index contributed by atoms with van der Waals surface area (Å²) in [7, 11) is -3.43. The Morgan fingerprint density at radius 1 is 1.32 bits per heavy atom. The van der Waals surface area contributed by atoms with Gasteiger partial charge in [0.05, 0.1) is 4.90 Å². The van der Waals surface area contributed by atoms with E-state index in [0.717, 1.165) is 24.8 Å². The third kappa shape index (κ3) is 3.16. The van der Waals surface area contributed by atoms with E-state index in [1.807, 2.05) is 0 Å². The average Bonchev–Trinajstić information content (AvgIpc) is 2.68. The molecule has 106 valence electrons. The van der Waals surface area contributed by atoms with Gasteiger partial charge in [-0.05, 0) is 36.0 Å². The van der Waals surface area contributed by atoms with Crippen LogP contribution in [-0.4, -0.2) is 14.5 Å². The van der Waals surface area contributed by atoms with Gasteiger partial charge in [-0.3, -0.25) is 0 Å². The van der Waals surface area contributed by atoms with Crippen LogP contribution in [0.15, 0.2) is 29.2 Å². The Kier molecular flexibility index (Phi) is 3.99. The molecule has 0 heterocycles. The van der Waals surface area contributed by atoms with Crippen molar-refractivity contribution in [2.45, 2.75) is 50.6 Å². The van der Waals surface area contributed by atoms with Gasteiger partial charge in [0.25, 0.3) is 0 Å². The van der Waals surface area contributed by atoms with E-state index in [1.165, 1.54) is 0 Å².